The molecule has 2 aromatic carbocycles. The van der Waals surface area contributed by atoms with E-state index in [2.05, 4.69) is 19.5 Å². The lowest BCUT2D eigenvalue weighted by molar-refractivity contribution is -0.286. The first kappa shape index (κ1) is 18.8. The quantitative estimate of drug-likeness (QED) is 0.476. The van der Waals surface area contributed by atoms with Crippen molar-refractivity contribution in [3.63, 3.8) is 0 Å². The molecular weight excluding hydrogens is 398 g/mol. The third-order valence-corrected chi connectivity index (χ3v) is 3.56. The van der Waals surface area contributed by atoms with Gasteiger partial charge < -0.3 is 19.5 Å². The zero-order valence-corrected chi connectivity index (χ0v) is 13.8. The van der Waals surface area contributed by atoms with Gasteiger partial charge in [0.25, 0.3) is 5.91 Å². The van der Waals surface area contributed by atoms with Crippen molar-refractivity contribution in [2.45, 2.75) is 6.29 Å². The number of benzene rings is 2. The van der Waals surface area contributed by atoms with Gasteiger partial charge in [0, 0.05) is 11.8 Å². The van der Waals surface area contributed by atoms with Crippen LogP contribution in [0.5, 0.6) is 11.5 Å². The van der Waals surface area contributed by atoms with Crippen LogP contribution >= 0.6 is 11.6 Å². The van der Waals surface area contributed by atoms with Crippen LogP contribution in [0.15, 0.2) is 30.3 Å². The van der Waals surface area contributed by atoms with Gasteiger partial charge in [0.1, 0.15) is 0 Å². The number of alkyl halides is 2. The highest BCUT2D eigenvalue weighted by Crippen LogP contribution is 2.42. The maximum atomic E-state index is 13.2. The molecule has 1 amide bonds. The Labute approximate surface area is 153 Å². The van der Waals surface area contributed by atoms with E-state index >= 15 is 0 Å². The van der Waals surface area contributed by atoms with Crippen LogP contribution in [0.4, 0.5) is 23.2 Å². The first-order chi connectivity index (χ1) is 12.6. The minimum Gasteiger partial charge on any atom is -0.452 e. The molecule has 27 heavy (non-hydrogen) atoms. The topological polar surface area (TPSA) is 73.9 Å². The Kier molecular flexibility index (Phi) is 4.83. The molecule has 0 aliphatic carbocycles. The number of hydrogen-bond acceptors (Lipinski definition) is 5. The van der Waals surface area contributed by atoms with E-state index in [4.69, 9.17) is 11.6 Å². The highest BCUT2D eigenvalue weighted by molar-refractivity contribution is 6.33. The van der Waals surface area contributed by atoms with Crippen LogP contribution in [0.25, 0.3) is 0 Å². The number of carbonyl (C=O) groups excluding carboxylic acids is 2. The number of halogens is 5. The minimum absolute atomic E-state index is 0.0713. The molecule has 1 N–H and O–H groups in total. The number of amides is 1. The van der Waals surface area contributed by atoms with E-state index in [1.54, 1.807) is 0 Å². The van der Waals surface area contributed by atoms with E-state index in [9.17, 15) is 27.2 Å². The van der Waals surface area contributed by atoms with Crippen molar-refractivity contribution in [2.24, 2.45) is 0 Å². The van der Waals surface area contributed by atoms with Crippen LogP contribution in [0.2, 0.25) is 5.02 Å². The van der Waals surface area contributed by atoms with Crippen LogP contribution in [-0.4, -0.2) is 24.8 Å². The summed E-state index contributed by atoms with van der Waals surface area (Å²) in [5.74, 6) is -5.04. The molecule has 0 fully saturated rings. The number of nitrogens with one attached hydrogen (secondary N) is 1. The molecular formula is C16H8ClF4NO5. The van der Waals surface area contributed by atoms with Gasteiger partial charge >= 0.3 is 12.3 Å². The number of hydrogen-bond donors (Lipinski definition) is 1. The van der Waals surface area contributed by atoms with E-state index in [-0.39, 0.29) is 17.2 Å². The summed E-state index contributed by atoms with van der Waals surface area (Å²) in [7, 11) is 0. The van der Waals surface area contributed by atoms with Gasteiger partial charge in [-0.25, -0.2) is 13.6 Å². The molecule has 1 aliphatic rings. The largest absolute Gasteiger partial charge is 0.586 e. The molecule has 142 valence electrons. The SMILES string of the molecule is O=C(COC(=O)c1cc(F)c(F)cc1Cl)Nc1ccc2c(c1)OC(F)(F)O2. The van der Waals surface area contributed by atoms with Crippen molar-refractivity contribution in [1.82, 2.24) is 0 Å². The van der Waals surface area contributed by atoms with Gasteiger partial charge in [-0.15, -0.1) is 8.78 Å². The van der Waals surface area contributed by atoms with Crippen LogP contribution < -0.4 is 14.8 Å². The van der Waals surface area contributed by atoms with Gasteiger partial charge in [-0.1, -0.05) is 11.6 Å². The van der Waals surface area contributed by atoms with E-state index in [0.717, 1.165) is 12.1 Å². The fraction of sp³-hybridized carbons (Fsp3) is 0.125. The zero-order valence-electron chi connectivity index (χ0n) is 13.0. The molecule has 0 radical (unpaired) electrons. The smallest absolute Gasteiger partial charge is 0.452 e. The van der Waals surface area contributed by atoms with Crippen molar-refractivity contribution >= 4 is 29.2 Å². The molecule has 2 aromatic rings. The van der Waals surface area contributed by atoms with Crippen LogP contribution in [0.1, 0.15) is 10.4 Å². The summed E-state index contributed by atoms with van der Waals surface area (Å²) in [5.41, 5.74) is -0.393. The Hall–Kier alpha value is -3.01. The summed E-state index contributed by atoms with van der Waals surface area (Å²) >= 11 is 5.62. The Morgan fingerprint density at radius 1 is 1.07 bits per heavy atom. The maximum absolute atomic E-state index is 13.2. The molecule has 0 atom stereocenters. The Morgan fingerprint density at radius 2 is 1.74 bits per heavy atom. The summed E-state index contributed by atoms with van der Waals surface area (Å²) in [6, 6.07) is 4.63. The second-order valence-electron chi connectivity index (χ2n) is 5.20. The van der Waals surface area contributed by atoms with Gasteiger partial charge in [-0.05, 0) is 24.3 Å². The van der Waals surface area contributed by atoms with E-state index in [1.165, 1.54) is 6.07 Å². The van der Waals surface area contributed by atoms with Crippen LogP contribution in [0.3, 0.4) is 0 Å². The summed E-state index contributed by atoms with van der Waals surface area (Å²) in [5, 5.41) is 1.88. The molecule has 11 heteroatoms. The Balaban J connectivity index is 1.59. The molecule has 6 nitrogen and oxygen atoms in total. The van der Waals surface area contributed by atoms with Gasteiger partial charge in [-0.3, -0.25) is 4.79 Å². The second kappa shape index (κ2) is 6.95. The molecule has 0 saturated carbocycles. The van der Waals surface area contributed by atoms with E-state index in [0.29, 0.717) is 12.1 Å². The summed E-state index contributed by atoms with van der Waals surface area (Å²) in [4.78, 5) is 23.6. The monoisotopic (exact) mass is 405 g/mol. The number of fused-ring (bicyclic) bond motifs is 1. The van der Waals surface area contributed by atoms with Crippen molar-refractivity contribution in [3.8, 4) is 11.5 Å². The molecule has 0 bridgehead atoms. The zero-order chi connectivity index (χ0) is 19.8. The van der Waals surface area contributed by atoms with Crippen molar-refractivity contribution in [3.05, 3.63) is 52.6 Å². The standard InChI is InChI=1S/C16H8ClF4NO5/c17-9-5-11(19)10(18)4-8(9)15(24)25-6-14(23)22-7-1-2-12-13(3-7)27-16(20,21)26-12/h1-5H,6H2,(H,22,23). The fourth-order valence-electron chi connectivity index (χ4n) is 2.11. The lowest BCUT2D eigenvalue weighted by Gasteiger charge is -2.08. The third-order valence-electron chi connectivity index (χ3n) is 3.25. The minimum atomic E-state index is -3.80. The predicted octanol–water partition coefficient (Wildman–Crippen LogP) is 3.74. The molecule has 1 aliphatic heterocycles. The van der Waals surface area contributed by atoms with Gasteiger partial charge in [0.15, 0.2) is 29.7 Å². The Morgan fingerprint density at radius 3 is 2.48 bits per heavy atom. The number of esters is 1. The fourth-order valence-corrected chi connectivity index (χ4v) is 2.34. The molecule has 1 heterocycles. The maximum Gasteiger partial charge on any atom is 0.586 e. The van der Waals surface area contributed by atoms with Crippen molar-refractivity contribution in [2.75, 3.05) is 11.9 Å². The molecule has 0 aromatic heterocycles. The first-order valence-electron chi connectivity index (χ1n) is 7.16. The van der Waals surface area contributed by atoms with Crippen LogP contribution in [-0.2, 0) is 9.53 Å². The molecule has 3 rings (SSSR count). The summed E-state index contributed by atoms with van der Waals surface area (Å²) < 4.78 is 65.1. The first-order valence-corrected chi connectivity index (χ1v) is 7.54. The van der Waals surface area contributed by atoms with E-state index < -0.39 is 47.0 Å². The van der Waals surface area contributed by atoms with Gasteiger partial charge in [0.2, 0.25) is 0 Å². The average molecular weight is 406 g/mol. The molecule has 0 saturated heterocycles. The predicted molar refractivity (Wildman–Crippen MR) is 82.9 cm³/mol. The number of ether oxygens (including phenoxy) is 3. The Bertz CT molecular complexity index is 937. The number of rotatable bonds is 4. The normalized spacial score (nSPS) is 14.0. The van der Waals surface area contributed by atoms with Crippen molar-refractivity contribution < 1.29 is 41.4 Å². The molecule has 0 spiro atoms. The lowest BCUT2D eigenvalue weighted by atomic mass is 10.2. The second-order valence-corrected chi connectivity index (χ2v) is 5.61. The average Bonchev–Trinajstić information content (AvgIpc) is 2.89. The third kappa shape index (κ3) is 4.22. The van der Waals surface area contributed by atoms with Crippen LogP contribution in [0, 0.1) is 11.6 Å². The van der Waals surface area contributed by atoms with Crippen molar-refractivity contribution in [1.29, 1.82) is 0 Å². The summed E-state index contributed by atoms with van der Waals surface area (Å²) in [6.07, 6.45) is -3.80. The molecule has 0 unspecified atom stereocenters. The lowest BCUT2D eigenvalue weighted by Crippen LogP contribution is -2.25. The van der Waals surface area contributed by atoms with Gasteiger partial charge in [0.05, 0.1) is 10.6 Å². The number of anilines is 1. The van der Waals surface area contributed by atoms with Gasteiger partial charge in [-0.2, -0.15) is 0 Å². The number of carbonyl (C=O) groups is 2. The highest BCUT2D eigenvalue weighted by atomic mass is 35.5. The summed E-state index contributed by atoms with van der Waals surface area (Å²) in [6.45, 7) is -0.793. The highest BCUT2D eigenvalue weighted by Gasteiger charge is 2.43. The van der Waals surface area contributed by atoms with E-state index in [1.807, 2.05) is 0 Å².